The van der Waals surface area contributed by atoms with Gasteiger partial charge in [0.1, 0.15) is 11.3 Å². The van der Waals surface area contributed by atoms with E-state index in [1.165, 1.54) is 5.01 Å². The van der Waals surface area contributed by atoms with Gasteiger partial charge in [-0.25, -0.2) is 5.84 Å². The van der Waals surface area contributed by atoms with Crippen LogP contribution in [0.4, 0.5) is 5.69 Å². The molecule has 0 aliphatic rings. The minimum Gasteiger partial charge on any atom is -0.460 e. The van der Waals surface area contributed by atoms with Gasteiger partial charge in [0.15, 0.2) is 5.11 Å². The van der Waals surface area contributed by atoms with Crippen LogP contribution in [0.2, 0.25) is 0 Å². The summed E-state index contributed by atoms with van der Waals surface area (Å²) in [5.74, 6) is 6.47. The van der Waals surface area contributed by atoms with Crippen molar-refractivity contribution in [1.82, 2.24) is 5.01 Å². The lowest BCUT2D eigenvalue weighted by Crippen LogP contribution is -2.36. The highest BCUT2D eigenvalue weighted by Crippen LogP contribution is 2.34. The van der Waals surface area contributed by atoms with Gasteiger partial charge < -0.3 is 9.73 Å². The Bertz CT molecular complexity index is 621. The van der Waals surface area contributed by atoms with Crippen molar-refractivity contribution < 1.29 is 4.42 Å². The molecule has 1 heterocycles. The van der Waals surface area contributed by atoms with Gasteiger partial charge in [0, 0.05) is 18.1 Å². The van der Waals surface area contributed by atoms with Crippen molar-refractivity contribution in [3.8, 4) is 0 Å². The number of nitrogens with zero attached hydrogens (tertiary/aromatic N) is 1. The molecule has 0 fully saturated rings. The molecule has 4 nitrogen and oxygen atoms in total. The van der Waals surface area contributed by atoms with Crippen LogP contribution < -0.4 is 11.2 Å². The molecule has 3 N–H and O–H groups in total. The Morgan fingerprint density at radius 1 is 1.44 bits per heavy atom. The number of rotatable bonds is 1. The molecule has 0 aliphatic heterocycles. The number of anilines is 1. The van der Waals surface area contributed by atoms with Crippen LogP contribution in [0.25, 0.3) is 11.0 Å². The molecule has 2 aromatic rings. The number of hydrogen-bond donors (Lipinski definition) is 2. The number of thiocarbonyl (C=S) groups is 1. The molecular weight excluding hydrogens is 314 g/mol. The fraction of sp³-hybridized carbons (Fsp3) is 0.250. The van der Waals surface area contributed by atoms with Crippen molar-refractivity contribution in [2.75, 3.05) is 12.4 Å². The highest BCUT2D eigenvalue weighted by Gasteiger charge is 2.13. The van der Waals surface area contributed by atoms with E-state index in [4.69, 9.17) is 22.5 Å². The molecular formula is C12H14BrN3OS. The number of hydrazine groups is 1. The third-order valence-electron chi connectivity index (χ3n) is 2.71. The van der Waals surface area contributed by atoms with E-state index in [1.54, 1.807) is 7.05 Å². The van der Waals surface area contributed by atoms with Crippen molar-refractivity contribution >= 4 is 49.9 Å². The minimum atomic E-state index is 0.463. The van der Waals surface area contributed by atoms with Crippen LogP contribution in [0.5, 0.6) is 0 Å². The van der Waals surface area contributed by atoms with Crippen LogP contribution in [-0.2, 0) is 0 Å². The van der Waals surface area contributed by atoms with E-state index < -0.39 is 0 Å². The maximum absolute atomic E-state index is 5.64. The van der Waals surface area contributed by atoms with Crippen LogP contribution in [0.15, 0.2) is 21.0 Å². The smallest absolute Gasteiger partial charge is 0.187 e. The van der Waals surface area contributed by atoms with Crippen molar-refractivity contribution in [3.63, 3.8) is 0 Å². The normalized spacial score (nSPS) is 10.7. The van der Waals surface area contributed by atoms with Crippen molar-refractivity contribution in [3.05, 3.63) is 27.9 Å². The first-order chi connectivity index (χ1) is 8.40. The van der Waals surface area contributed by atoms with Crippen molar-refractivity contribution in [2.24, 2.45) is 5.84 Å². The number of benzene rings is 1. The Morgan fingerprint density at radius 2 is 2.11 bits per heavy atom. The first kappa shape index (κ1) is 13.3. The van der Waals surface area contributed by atoms with E-state index in [2.05, 4.69) is 21.2 Å². The van der Waals surface area contributed by atoms with Crippen LogP contribution in [0.3, 0.4) is 0 Å². The molecule has 6 heteroatoms. The van der Waals surface area contributed by atoms with Gasteiger partial charge in [-0.3, -0.25) is 5.01 Å². The molecule has 0 amide bonds. The van der Waals surface area contributed by atoms with Crippen LogP contribution in [0, 0.1) is 13.8 Å². The molecule has 0 saturated heterocycles. The molecule has 18 heavy (non-hydrogen) atoms. The van der Waals surface area contributed by atoms with Crippen LogP contribution in [-0.4, -0.2) is 17.2 Å². The minimum absolute atomic E-state index is 0.463. The average molecular weight is 328 g/mol. The number of hydrogen-bond acceptors (Lipinski definition) is 3. The number of furan rings is 1. The van der Waals surface area contributed by atoms with Gasteiger partial charge in [-0.1, -0.05) is 0 Å². The summed E-state index contributed by atoms with van der Waals surface area (Å²) < 4.78 is 6.53. The maximum atomic E-state index is 5.64. The molecule has 0 atom stereocenters. The summed E-state index contributed by atoms with van der Waals surface area (Å²) in [5.41, 5.74) is 2.84. The molecule has 96 valence electrons. The number of halogens is 1. The quantitative estimate of drug-likeness (QED) is 0.478. The summed E-state index contributed by atoms with van der Waals surface area (Å²) in [6, 6.07) is 3.95. The van der Waals surface area contributed by atoms with Gasteiger partial charge >= 0.3 is 0 Å². The monoisotopic (exact) mass is 327 g/mol. The van der Waals surface area contributed by atoms with Crippen LogP contribution >= 0.6 is 28.1 Å². The first-order valence-corrected chi connectivity index (χ1v) is 6.59. The van der Waals surface area contributed by atoms with E-state index in [0.29, 0.717) is 5.11 Å². The van der Waals surface area contributed by atoms with Gasteiger partial charge in [0.05, 0.1) is 4.47 Å². The summed E-state index contributed by atoms with van der Waals surface area (Å²) in [5, 5.41) is 6.01. The van der Waals surface area contributed by atoms with Crippen molar-refractivity contribution in [1.29, 1.82) is 0 Å². The van der Waals surface area contributed by atoms with Gasteiger partial charge in [-0.05, 0) is 59.7 Å². The van der Waals surface area contributed by atoms with Gasteiger partial charge in [-0.2, -0.15) is 0 Å². The number of nitrogens with two attached hydrogens (primary N) is 1. The van der Waals surface area contributed by atoms with E-state index in [-0.39, 0.29) is 0 Å². The van der Waals surface area contributed by atoms with Crippen LogP contribution in [0.1, 0.15) is 11.3 Å². The second-order valence-corrected chi connectivity index (χ2v) is 5.41. The Morgan fingerprint density at radius 3 is 2.72 bits per heavy atom. The second kappa shape index (κ2) is 4.87. The molecule has 2 rings (SSSR count). The second-order valence-electron chi connectivity index (χ2n) is 4.17. The lowest BCUT2D eigenvalue weighted by atomic mass is 10.1. The highest BCUT2D eigenvalue weighted by atomic mass is 79.9. The summed E-state index contributed by atoms with van der Waals surface area (Å²) in [7, 11) is 1.69. The molecule has 0 aliphatic carbocycles. The highest BCUT2D eigenvalue weighted by molar-refractivity contribution is 9.10. The topological polar surface area (TPSA) is 54.4 Å². The molecule has 1 aromatic carbocycles. The lowest BCUT2D eigenvalue weighted by molar-refractivity contribution is 0.548. The molecule has 0 radical (unpaired) electrons. The SMILES string of the molecule is Cc1cc2c(C)c(NC(=S)N(C)N)cc(Br)c2o1. The Balaban J connectivity index is 2.52. The van der Waals surface area contributed by atoms with Gasteiger partial charge in [-0.15, -0.1) is 0 Å². The predicted octanol–water partition coefficient (Wildman–Crippen LogP) is 3.31. The standard InChI is InChI=1S/C12H14BrN3OS/c1-6-4-8-7(2)10(15-12(18)16(3)14)5-9(13)11(8)17-6/h4-5H,14H2,1-3H3,(H,15,18). The van der Waals surface area contributed by atoms with E-state index >= 15 is 0 Å². The molecule has 0 spiro atoms. The van der Waals surface area contributed by atoms with E-state index in [1.807, 2.05) is 26.0 Å². The lowest BCUT2D eigenvalue weighted by Gasteiger charge is -2.17. The summed E-state index contributed by atoms with van der Waals surface area (Å²) in [6.07, 6.45) is 0. The van der Waals surface area contributed by atoms with E-state index in [0.717, 1.165) is 32.5 Å². The van der Waals surface area contributed by atoms with Gasteiger partial charge in [0.2, 0.25) is 0 Å². The Labute approximate surface area is 119 Å². The van der Waals surface area contributed by atoms with Gasteiger partial charge in [0.25, 0.3) is 0 Å². The largest absolute Gasteiger partial charge is 0.460 e. The zero-order chi connectivity index (χ0) is 13.4. The molecule has 1 aromatic heterocycles. The summed E-state index contributed by atoms with van der Waals surface area (Å²) >= 11 is 8.64. The van der Waals surface area contributed by atoms with E-state index in [9.17, 15) is 0 Å². The maximum Gasteiger partial charge on any atom is 0.187 e. The zero-order valence-electron chi connectivity index (χ0n) is 10.4. The fourth-order valence-electron chi connectivity index (χ4n) is 1.75. The van der Waals surface area contributed by atoms with Crippen molar-refractivity contribution in [2.45, 2.75) is 13.8 Å². The Kier molecular flexibility index (Phi) is 3.61. The molecule has 0 unspecified atom stereocenters. The third kappa shape index (κ3) is 2.36. The number of aryl methyl sites for hydroxylation is 2. The summed E-state index contributed by atoms with van der Waals surface area (Å²) in [4.78, 5) is 0. The molecule has 0 bridgehead atoms. The number of fused-ring (bicyclic) bond motifs is 1. The molecule has 0 saturated carbocycles. The summed E-state index contributed by atoms with van der Waals surface area (Å²) in [6.45, 7) is 3.95. The zero-order valence-corrected chi connectivity index (χ0v) is 12.8. The number of nitrogens with one attached hydrogen (secondary N) is 1. The fourth-order valence-corrected chi connectivity index (χ4v) is 2.38. The first-order valence-electron chi connectivity index (χ1n) is 5.39. The third-order valence-corrected chi connectivity index (χ3v) is 3.69. The predicted molar refractivity (Wildman–Crippen MR) is 81.6 cm³/mol. The Hall–Kier alpha value is -1.11. The average Bonchev–Trinajstić information content (AvgIpc) is 2.68.